The molecule has 0 bridgehead atoms. The minimum Gasteiger partial charge on any atom is -0.493 e. The average Bonchev–Trinajstić information content (AvgIpc) is 3.32. The first-order valence-corrected chi connectivity index (χ1v) is 11.1. The number of benzene rings is 1. The fourth-order valence-corrected chi connectivity index (χ4v) is 4.51. The number of aromatic nitrogens is 5. The lowest BCUT2D eigenvalue weighted by Gasteiger charge is -2.28. The Balaban J connectivity index is 1.65. The first-order chi connectivity index (χ1) is 15.0. The quantitative estimate of drug-likeness (QED) is 0.542. The van der Waals surface area contributed by atoms with E-state index in [2.05, 4.69) is 17.1 Å². The first kappa shape index (κ1) is 21.2. The van der Waals surface area contributed by atoms with Crippen molar-refractivity contribution in [3.05, 3.63) is 35.0 Å². The Bertz CT molecular complexity index is 1120. The molecule has 0 atom stereocenters. The molecule has 0 spiro atoms. The highest BCUT2D eigenvalue weighted by Gasteiger charge is 2.30. The molecule has 0 aliphatic carbocycles. The van der Waals surface area contributed by atoms with Crippen molar-refractivity contribution in [2.24, 2.45) is 14.1 Å². The number of nitrogens with zero attached hydrogens (tertiary/aromatic N) is 6. The zero-order valence-corrected chi connectivity index (χ0v) is 19.2. The van der Waals surface area contributed by atoms with Crippen molar-refractivity contribution in [2.75, 3.05) is 26.5 Å². The maximum atomic E-state index is 13.3. The van der Waals surface area contributed by atoms with Gasteiger partial charge < -0.3 is 18.9 Å². The van der Waals surface area contributed by atoms with Crippen molar-refractivity contribution < 1.29 is 14.3 Å². The molecule has 1 aliphatic rings. The van der Waals surface area contributed by atoms with Crippen LogP contribution >= 0.6 is 11.8 Å². The SMILES string of the molecule is CCSc1nnc(-c2nn(C)c3c2CN(C(=O)c2ccc(OC)c(OC)c2)CC3)n1C. The van der Waals surface area contributed by atoms with E-state index in [9.17, 15) is 4.79 Å². The number of aryl methyl sites for hydroxylation is 1. The molecule has 0 N–H and O–H groups in total. The number of hydrogen-bond donors (Lipinski definition) is 0. The van der Waals surface area contributed by atoms with Crippen molar-refractivity contribution in [3.8, 4) is 23.0 Å². The van der Waals surface area contributed by atoms with Gasteiger partial charge in [-0.1, -0.05) is 18.7 Å². The van der Waals surface area contributed by atoms with Gasteiger partial charge in [0.05, 0.1) is 20.8 Å². The Hall–Kier alpha value is -3.01. The number of carbonyl (C=O) groups excluding carboxylic acids is 1. The third-order valence-corrected chi connectivity index (χ3v) is 6.38. The average molecular weight is 443 g/mol. The summed E-state index contributed by atoms with van der Waals surface area (Å²) in [4.78, 5) is 15.1. The molecule has 10 heteroatoms. The summed E-state index contributed by atoms with van der Waals surface area (Å²) in [6, 6.07) is 5.24. The molecule has 0 unspecified atom stereocenters. The Labute approximate surface area is 185 Å². The molecule has 1 aromatic carbocycles. The fraction of sp³-hybridized carbons (Fsp3) is 0.429. The van der Waals surface area contributed by atoms with E-state index in [-0.39, 0.29) is 5.91 Å². The summed E-state index contributed by atoms with van der Waals surface area (Å²) < 4.78 is 14.5. The van der Waals surface area contributed by atoms with Gasteiger partial charge in [-0.2, -0.15) is 5.10 Å². The standard InChI is InChI=1S/C21H26N6O3S/c1-6-31-21-23-22-19(25(21)2)18-14-12-27(10-9-15(14)26(3)24-18)20(28)13-7-8-16(29-4)17(11-13)30-5/h7-8,11H,6,9-10,12H2,1-5H3. The molecule has 4 rings (SSSR count). The van der Waals surface area contributed by atoms with Gasteiger partial charge in [-0.3, -0.25) is 9.48 Å². The van der Waals surface area contributed by atoms with Crippen LogP contribution in [0.25, 0.3) is 11.5 Å². The monoisotopic (exact) mass is 442 g/mol. The molecular weight excluding hydrogens is 416 g/mol. The lowest BCUT2D eigenvalue weighted by atomic mass is 10.0. The van der Waals surface area contributed by atoms with Crippen LogP contribution in [0.3, 0.4) is 0 Å². The second-order valence-electron chi connectivity index (χ2n) is 7.24. The molecule has 3 heterocycles. The van der Waals surface area contributed by atoms with E-state index in [1.54, 1.807) is 44.2 Å². The van der Waals surface area contributed by atoms with Crippen molar-refractivity contribution in [2.45, 2.75) is 25.0 Å². The summed E-state index contributed by atoms with van der Waals surface area (Å²) in [5.41, 5.74) is 3.48. The van der Waals surface area contributed by atoms with Crippen molar-refractivity contribution in [1.29, 1.82) is 0 Å². The summed E-state index contributed by atoms with van der Waals surface area (Å²) in [6.45, 7) is 3.17. The van der Waals surface area contributed by atoms with E-state index in [0.29, 0.717) is 36.0 Å². The maximum absolute atomic E-state index is 13.3. The molecule has 1 amide bonds. The zero-order chi connectivity index (χ0) is 22.1. The van der Waals surface area contributed by atoms with E-state index >= 15 is 0 Å². The third-order valence-electron chi connectivity index (χ3n) is 5.48. The normalized spacial score (nSPS) is 13.3. The maximum Gasteiger partial charge on any atom is 0.254 e. The van der Waals surface area contributed by atoms with Gasteiger partial charge >= 0.3 is 0 Å². The summed E-state index contributed by atoms with van der Waals surface area (Å²) in [5.74, 6) is 2.71. The molecule has 0 fully saturated rings. The molecule has 164 valence electrons. The van der Waals surface area contributed by atoms with Gasteiger partial charge in [0.1, 0.15) is 5.69 Å². The molecule has 0 radical (unpaired) electrons. The van der Waals surface area contributed by atoms with Gasteiger partial charge in [-0.05, 0) is 24.0 Å². The van der Waals surface area contributed by atoms with E-state index in [1.165, 1.54) is 0 Å². The number of amides is 1. The highest BCUT2D eigenvalue weighted by molar-refractivity contribution is 7.99. The van der Waals surface area contributed by atoms with Crippen LogP contribution in [0.2, 0.25) is 0 Å². The fourth-order valence-electron chi connectivity index (χ4n) is 3.87. The second kappa shape index (κ2) is 8.62. The van der Waals surface area contributed by atoms with Crippen LogP contribution in [0.15, 0.2) is 23.4 Å². The molecule has 2 aromatic heterocycles. The number of rotatable bonds is 6. The summed E-state index contributed by atoms with van der Waals surface area (Å²) >= 11 is 1.64. The van der Waals surface area contributed by atoms with Crippen LogP contribution in [0, 0.1) is 0 Å². The van der Waals surface area contributed by atoms with Gasteiger partial charge in [0.2, 0.25) is 0 Å². The Morgan fingerprint density at radius 2 is 1.94 bits per heavy atom. The van der Waals surface area contributed by atoms with Crippen molar-refractivity contribution in [3.63, 3.8) is 0 Å². The zero-order valence-electron chi connectivity index (χ0n) is 18.4. The molecule has 31 heavy (non-hydrogen) atoms. The molecule has 3 aromatic rings. The number of thioether (sulfide) groups is 1. The van der Waals surface area contributed by atoms with Gasteiger partial charge in [0.15, 0.2) is 22.5 Å². The molecular formula is C21H26N6O3S. The molecule has 0 saturated carbocycles. The summed E-state index contributed by atoms with van der Waals surface area (Å²) in [5, 5.41) is 14.3. The van der Waals surface area contributed by atoms with E-state index in [1.807, 2.05) is 28.2 Å². The van der Waals surface area contributed by atoms with Crippen LogP contribution in [0.5, 0.6) is 11.5 Å². The highest BCUT2D eigenvalue weighted by atomic mass is 32.2. The lowest BCUT2D eigenvalue weighted by Crippen LogP contribution is -2.36. The van der Waals surface area contributed by atoms with Gasteiger partial charge in [0.25, 0.3) is 5.91 Å². The topological polar surface area (TPSA) is 87.3 Å². The number of hydrogen-bond acceptors (Lipinski definition) is 7. The van der Waals surface area contributed by atoms with Crippen LogP contribution in [-0.4, -0.2) is 61.9 Å². The minimum absolute atomic E-state index is 0.0541. The van der Waals surface area contributed by atoms with Crippen LogP contribution in [-0.2, 0) is 27.1 Å². The second-order valence-corrected chi connectivity index (χ2v) is 8.47. The Kier molecular flexibility index (Phi) is 5.90. The smallest absolute Gasteiger partial charge is 0.254 e. The largest absolute Gasteiger partial charge is 0.493 e. The van der Waals surface area contributed by atoms with Crippen LogP contribution in [0.1, 0.15) is 28.5 Å². The molecule has 1 aliphatic heterocycles. The lowest BCUT2D eigenvalue weighted by molar-refractivity contribution is 0.0733. The van der Waals surface area contributed by atoms with Crippen LogP contribution in [0.4, 0.5) is 0 Å². The van der Waals surface area contributed by atoms with E-state index in [0.717, 1.165) is 34.3 Å². The number of ether oxygens (including phenoxy) is 2. The van der Waals surface area contributed by atoms with E-state index in [4.69, 9.17) is 14.6 Å². The summed E-state index contributed by atoms with van der Waals surface area (Å²) in [7, 11) is 7.02. The molecule has 0 saturated heterocycles. The predicted octanol–water partition coefficient (Wildman–Crippen LogP) is 2.54. The van der Waals surface area contributed by atoms with Gasteiger partial charge in [-0.15, -0.1) is 10.2 Å². The Morgan fingerprint density at radius 1 is 1.16 bits per heavy atom. The highest BCUT2D eigenvalue weighted by Crippen LogP contribution is 2.32. The minimum atomic E-state index is -0.0541. The van der Waals surface area contributed by atoms with Gasteiger partial charge in [0, 0.05) is 43.9 Å². The molecule has 9 nitrogen and oxygen atoms in total. The van der Waals surface area contributed by atoms with E-state index < -0.39 is 0 Å². The number of fused-ring (bicyclic) bond motifs is 1. The summed E-state index contributed by atoms with van der Waals surface area (Å²) in [6.07, 6.45) is 0.728. The van der Waals surface area contributed by atoms with Crippen molar-refractivity contribution >= 4 is 17.7 Å². The van der Waals surface area contributed by atoms with Crippen LogP contribution < -0.4 is 9.47 Å². The third kappa shape index (κ3) is 3.76. The number of carbonyl (C=O) groups is 1. The first-order valence-electron chi connectivity index (χ1n) is 10.1. The van der Waals surface area contributed by atoms with Crippen molar-refractivity contribution in [1.82, 2.24) is 29.4 Å². The number of methoxy groups -OCH3 is 2. The Morgan fingerprint density at radius 3 is 2.65 bits per heavy atom. The predicted molar refractivity (Wildman–Crippen MR) is 118 cm³/mol. The van der Waals surface area contributed by atoms with Gasteiger partial charge in [-0.25, -0.2) is 0 Å².